The Morgan fingerprint density at radius 3 is 2.83 bits per heavy atom. The number of hydrogen-bond acceptors (Lipinski definition) is 6. The first-order valence-electron chi connectivity index (χ1n) is 7.80. The van der Waals surface area contributed by atoms with Crippen LogP contribution >= 0.6 is 11.6 Å². The van der Waals surface area contributed by atoms with Crippen molar-refractivity contribution in [2.24, 2.45) is 0 Å². The van der Waals surface area contributed by atoms with Crippen LogP contribution in [0.25, 0.3) is 0 Å². The molecule has 1 aliphatic rings. The van der Waals surface area contributed by atoms with Crippen LogP contribution in [-0.2, 0) is 9.53 Å². The van der Waals surface area contributed by atoms with E-state index in [9.17, 15) is 4.79 Å². The molecule has 0 saturated heterocycles. The van der Waals surface area contributed by atoms with Crippen LogP contribution in [0.4, 0.5) is 5.95 Å². The van der Waals surface area contributed by atoms with Crippen molar-refractivity contribution >= 4 is 23.5 Å². The van der Waals surface area contributed by atoms with Gasteiger partial charge in [-0.05, 0) is 41.5 Å². The number of fused-ring (bicyclic) bond motifs is 1. The maximum absolute atomic E-state index is 12.6. The van der Waals surface area contributed by atoms with E-state index in [0.29, 0.717) is 28.8 Å². The zero-order valence-corrected chi connectivity index (χ0v) is 14.2. The molecule has 3 rings (SSSR count). The molecular weight excluding hydrogens is 330 g/mol. The molecule has 0 radical (unpaired) electrons. The number of esters is 1. The average Bonchev–Trinajstić information content (AvgIpc) is 3.02. The Hall–Kier alpha value is -2.41. The van der Waals surface area contributed by atoms with E-state index in [2.05, 4.69) is 20.8 Å². The number of carbonyl (C=O) groups is 1. The van der Waals surface area contributed by atoms with Gasteiger partial charge >= 0.3 is 5.97 Å². The Bertz CT molecular complexity index is 769. The lowest BCUT2D eigenvalue weighted by Crippen LogP contribution is -2.29. The van der Waals surface area contributed by atoms with Gasteiger partial charge in [0.15, 0.2) is 0 Å². The van der Waals surface area contributed by atoms with Crippen molar-refractivity contribution in [3.63, 3.8) is 0 Å². The number of nitrogens with one attached hydrogen (secondary N) is 1. The highest BCUT2D eigenvalue weighted by Gasteiger charge is 2.34. The Balaban J connectivity index is 2.00. The molecule has 1 aromatic heterocycles. The molecule has 24 heavy (non-hydrogen) atoms. The minimum absolute atomic E-state index is 0.366. The molecule has 0 spiro atoms. The highest BCUT2D eigenvalue weighted by atomic mass is 35.5. The van der Waals surface area contributed by atoms with E-state index in [0.717, 1.165) is 18.4 Å². The van der Waals surface area contributed by atoms with Gasteiger partial charge in [-0.25, -0.2) is 4.79 Å². The third-order valence-corrected chi connectivity index (χ3v) is 4.10. The molecule has 1 aliphatic heterocycles. The number of aromatic nitrogens is 4. The minimum Gasteiger partial charge on any atom is -0.462 e. The maximum Gasteiger partial charge on any atom is 0.338 e. The summed E-state index contributed by atoms with van der Waals surface area (Å²) in [6, 6.07) is 6.81. The topological polar surface area (TPSA) is 81.9 Å². The monoisotopic (exact) mass is 347 g/mol. The predicted molar refractivity (Wildman–Crippen MR) is 89.6 cm³/mol. The van der Waals surface area contributed by atoms with Crippen LogP contribution in [-0.4, -0.2) is 32.8 Å². The summed E-state index contributed by atoms with van der Waals surface area (Å²) in [6.45, 7) is 4.25. The SMILES string of the molecule is CCCCOC(=O)C1=C(C)Nc2nnnn2C1c1ccc(Cl)cc1. The Labute approximate surface area is 144 Å². The summed E-state index contributed by atoms with van der Waals surface area (Å²) < 4.78 is 6.99. The van der Waals surface area contributed by atoms with Crippen molar-refractivity contribution in [3.8, 4) is 0 Å². The lowest BCUT2D eigenvalue weighted by atomic mass is 9.96. The first-order valence-corrected chi connectivity index (χ1v) is 8.18. The van der Waals surface area contributed by atoms with E-state index in [1.807, 2.05) is 26.0 Å². The smallest absolute Gasteiger partial charge is 0.338 e. The molecule has 126 valence electrons. The summed E-state index contributed by atoms with van der Waals surface area (Å²) >= 11 is 5.98. The second-order valence-electron chi connectivity index (χ2n) is 5.55. The first-order chi connectivity index (χ1) is 11.6. The van der Waals surface area contributed by atoms with E-state index in [1.165, 1.54) is 0 Å². The standard InChI is InChI=1S/C16H18ClN5O2/c1-3-4-9-24-15(23)13-10(2)18-16-19-20-21-22(16)14(13)11-5-7-12(17)8-6-11/h5-8,14H,3-4,9H2,1-2H3,(H,18,19,21). The molecule has 1 atom stereocenters. The first kappa shape index (κ1) is 16.4. The van der Waals surface area contributed by atoms with Crippen LogP contribution in [0.1, 0.15) is 38.3 Å². The molecule has 8 heteroatoms. The van der Waals surface area contributed by atoms with E-state index < -0.39 is 6.04 Å². The molecule has 1 N–H and O–H groups in total. The lowest BCUT2D eigenvalue weighted by molar-refractivity contribution is -0.139. The number of unbranched alkanes of at least 4 members (excludes halogenated alkanes) is 1. The number of allylic oxidation sites excluding steroid dienone is 1. The summed E-state index contributed by atoms with van der Waals surface area (Å²) in [5.41, 5.74) is 2.03. The maximum atomic E-state index is 12.6. The van der Waals surface area contributed by atoms with E-state index in [-0.39, 0.29) is 5.97 Å². The van der Waals surface area contributed by atoms with Gasteiger partial charge in [-0.3, -0.25) is 0 Å². The average molecular weight is 348 g/mol. The molecule has 0 saturated carbocycles. The third kappa shape index (κ3) is 3.12. The van der Waals surface area contributed by atoms with Crippen molar-refractivity contribution in [1.82, 2.24) is 20.2 Å². The highest BCUT2D eigenvalue weighted by Crippen LogP contribution is 2.35. The summed E-state index contributed by atoms with van der Waals surface area (Å²) in [6.07, 6.45) is 1.79. The molecule has 1 aromatic carbocycles. The van der Waals surface area contributed by atoms with Crippen molar-refractivity contribution in [2.45, 2.75) is 32.7 Å². The zero-order valence-electron chi connectivity index (χ0n) is 13.5. The normalized spacial score (nSPS) is 16.5. The molecule has 0 fully saturated rings. The Morgan fingerprint density at radius 1 is 1.38 bits per heavy atom. The Kier molecular flexibility index (Phi) is 4.80. The van der Waals surface area contributed by atoms with Gasteiger partial charge in [-0.2, -0.15) is 4.68 Å². The second kappa shape index (κ2) is 7.00. The number of rotatable bonds is 5. The number of tetrazole rings is 1. The van der Waals surface area contributed by atoms with Crippen molar-refractivity contribution in [3.05, 3.63) is 46.1 Å². The van der Waals surface area contributed by atoms with E-state index in [4.69, 9.17) is 16.3 Å². The van der Waals surface area contributed by atoms with Gasteiger partial charge in [-0.1, -0.05) is 42.2 Å². The van der Waals surface area contributed by atoms with Gasteiger partial charge in [0.1, 0.15) is 6.04 Å². The summed E-state index contributed by atoms with van der Waals surface area (Å²) in [5, 5.41) is 15.3. The number of halogens is 1. The van der Waals surface area contributed by atoms with Crippen LogP contribution in [0, 0.1) is 0 Å². The summed E-state index contributed by atoms with van der Waals surface area (Å²) in [4.78, 5) is 12.6. The van der Waals surface area contributed by atoms with Crippen LogP contribution in [0.15, 0.2) is 35.5 Å². The van der Waals surface area contributed by atoms with Crippen LogP contribution in [0.2, 0.25) is 5.02 Å². The van der Waals surface area contributed by atoms with Gasteiger partial charge in [0.2, 0.25) is 5.95 Å². The van der Waals surface area contributed by atoms with Gasteiger partial charge in [-0.15, -0.1) is 0 Å². The van der Waals surface area contributed by atoms with Crippen molar-refractivity contribution in [2.75, 3.05) is 11.9 Å². The molecule has 1 unspecified atom stereocenters. The Morgan fingerprint density at radius 2 is 2.12 bits per heavy atom. The van der Waals surface area contributed by atoms with Gasteiger partial charge in [0.05, 0.1) is 12.2 Å². The van der Waals surface area contributed by atoms with Crippen LogP contribution < -0.4 is 5.32 Å². The highest BCUT2D eigenvalue weighted by molar-refractivity contribution is 6.30. The van der Waals surface area contributed by atoms with Gasteiger partial charge in [0.25, 0.3) is 0 Å². The fourth-order valence-corrected chi connectivity index (χ4v) is 2.74. The molecule has 7 nitrogen and oxygen atoms in total. The lowest BCUT2D eigenvalue weighted by Gasteiger charge is -2.27. The second-order valence-corrected chi connectivity index (χ2v) is 5.99. The summed E-state index contributed by atoms with van der Waals surface area (Å²) in [7, 11) is 0. The fraction of sp³-hybridized carbons (Fsp3) is 0.375. The number of nitrogens with zero attached hydrogens (tertiary/aromatic N) is 4. The predicted octanol–water partition coefficient (Wildman–Crippen LogP) is 2.96. The third-order valence-electron chi connectivity index (χ3n) is 3.85. The summed E-state index contributed by atoms with van der Waals surface area (Å²) in [5.74, 6) is 0.118. The number of hydrogen-bond donors (Lipinski definition) is 1. The van der Waals surface area contributed by atoms with Gasteiger partial charge in [0, 0.05) is 10.7 Å². The number of benzene rings is 1. The van der Waals surface area contributed by atoms with Crippen LogP contribution in [0.5, 0.6) is 0 Å². The molecule has 0 amide bonds. The number of anilines is 1. The molecule has 2 aromatic rings. The largest absolute Gasteiger partial charge is 0.462 e. The molecular formula is C16H18ClN5O2. The fourth-order valence-electron chi connectivity index (χ4n) is 2.62. The van der Waals surface area contributed by atoms with Crippen molar-refractivity contribution in [1.29, 1.82) is 0 Å². The number of ether oxygens (including phenoxy) is 1. The quantitative estimate of drug-likeness (QED) is 0.661. The number of carbonyl (C=O) groups excluding carboxylic acids is 1. The molecule has 0 bridgehead atoms. The minimum atomic E-state index is -0.456. The van der Waals surface area contributed by atoms with Crippen molar-refractivity contribution < 1.29 is 9.53 Å². The van der Waals surface area contributed by atoms with Gasteiger partial charge < -0.3 is 10.1 Å². The zero-order chi connectivity index (χ0) is 17.1. The molecule has 2 heterocycles. The van der Waals surface area contributed by atoms with E-state index in [1.54, 1.807) is 16.8 Å². The van der Waals surface area contributed by atoms with Crippen LogP contribution in [0.3, 0.4) is 0 Å². The molecule has 0 aliphatic carbocycles. The van der Waals surface area contributed by atoms with E-state index >= 15 is 0 Å².